The van der Waals surface area contributed by atoms with Crippen LogP contribution < -0.4 is 5.32 Å². The first-order valence-electron chi connectivity index (χ1n) is 9.68. The lowest BCUT2D eigenvalue weighted by Crippen LogP contribution is -2.37. The maximum atomic E-state index is 12.8. The molecule has 29 heavy (non-hydrogen) atoms. The van der Waals surface area contributed by atoms with Gasteiger partial charge in [-0.05, 0) is 62.6 Å². The predicted octanol–water partition coefficient (Wildman–Crippen LogP) is 5.92. The molecule has 152 valence electrons. The maximum Gasteiger partial charge on any atom is 0.254 e. The van der Waals surface area contributed by atoms with Gasteiger partial charge in [0.1, 0.15) is 0 Å². The highest BCUT2D eigenvalue weighted by Gasteiger charge is 2.23. The molecule has 2 aromatic carbocycles. The summed E-state index contributed by atoms with van der Waals surface area (Å²) in [5, 5.41) is 8.80. The van der Waals surface area contributed by atoms with E-state index in [0.717, 1.165) is 17.5 Å². The summed E-state index contributed by atoms with van der Waals surface area (Å²) in [6.45, 7) is 6.08. The minimum atomic E-state index is -0.125. The summed E-state index contributed by atoms with van der Waals surface area (Å²) in [7, 11) is 0. The third-order valence-electron chi connectivity index (χ3n) is 5.02. The van der Waals surface area contributed by atoms with Crippen molar-refractivity contribution in [1.82, 2.24) is 15.1 Å². The fourth-order valence-corrected chi connectivity index (χ4v) is 3.55. The van der Waals surface area contributed by atoms with Gasteiger partial charge in [-0.1, -0.05) is 47.5 Å². The van der Waals surface area contributed by atoms with E-state index in [1.54, 1.807) is 17.1 Å². The second-order valence-electron chi connectivity index (χ2n) is 7.55. The van der Waals surface area contributed by atoms with Crippen molar-refractivity contribution in [2.24, 2.45) is 0 Å². The van der Waals surface area contributed by atoms with Crippen LogP contribution >= 0.6 is 23.2 Å². The average molecular weight is 430 g/mol. The van der Waals surface area contributed by atoms with E-state index >= 15 is 0 Å². The van der Waals surface area contributed by atoms with Crippen molar-refractivity contribution in [3.05, 3.63) is 87.7 Å². The molecule has 1 amide bonds. The summed E-state index contributed by atoms with van der Waals surface area (Å²) in [5.41, 5.74) is 2.84. The van der Waals surface area contributed by atoms with Gasteiger partial charge in [-0.25, -0.2) is 0 Å². The third-order valence-corrected chi connectivity index (χ3v) is 5.53. The number of carbonyl (C=O) groups is 1. The second kappa shape index (κ2) is 9.47. The van der Waals surface area contributed by atoms with Gasteiger partial charge in [0, 0.05) is 34.2 Å². The lowest BCUT2D eigenvalue weighted by atomic mass is 9.86. The Kier molecular flexibility index (Phi) is 6.99. The fourth-order valence-electron chi connectivity index (χ4n) is 3.30. The zero-order valence-corrected chi connectivity index (χ0v) is 18.3. The Bertz CT molecular complexity index is 949. The van der Waals surface area contributed by atoms with Gasteiger partial charge in [-0.3, -0.25) is 9.48 Å². The molecule has 6 heteroatoms. The van der Waals surface area contributed by atoms with E-state index < -0.39 is 0 Å². The Morgan fingerprint density at radius 3 is 2.14 bits per heavy atom. The molecule has 1 heterocycles. The topological polar surface area (TPSA) is 46.9 Å². The zero-order chi connectivity index (χ0) is 21.0. The Hall–Kier alpha value is -2.30. The number of nitrogens with zero attached hydrogens (tertiary/aromatic N) is 2. The number of rotatable bonds is 7. The molecule has 3 rings (SSSR count). The molecule has 0 aliphatic carbocycles. The molecular weight excluding hydrogens is 405 g/mol. The molecule has 0 radical (unpaired) electrons. The summed E-state index contributed by atoms with van der Waals surface area (Å²) in [6, 6.07) is 15.7. The van der Waals surface area contributed by atoms with Crippen molar-refractivity contribution < 1.29 is 4.79 Å². The van der Waals surface area contributed by atoms with Crippen molar-refractivity contribution in [3.8, 4) is 0 Å². The van der Waals surface area contributed by atoms with Gasteiger partial charge < -0.3 is 5.32 Å². The summed E-state index contributed by atoms with van der Waals surface area (Å²) < 4.78 is 1.78. The van der Waals surface area contributed by atoms with Crippen molar-refractivity contribution in [2.75, 3.05) is 0 Å². The minimum Gasteiger partial charge on any atom is -0.349 e. The molecule has 4 nitrogen and oxygen atoms in total. The Balaban J connectivity index is 1.80. The molecule has 0 spiro atoms. The quantitative estimate of drug-likeness (QED) is 0.506. The molecule has 0 saturated heterocycles. The summed E-state index contributed by atoms with van der Waals surface area (Å²) in [5.74, 6) is -0.0444. The summed E-state index contributed by atoms with van der Waals surface area (Å²) in [6.07, 6.45) is 4.16. The molecule has 0 bridgehead atoms. The average Bonchev–Trinajstić information content (AvgIpc) is 3.19. The monoisotopic (exact) mass is 429 g/mol. The highest BCUT2D eigenvalue weighted by atomic mass is 35.5. The first-order valence-corrected chi connectivity index (χ1v) is 10.4. The van der Waals surface area contributed by atoms with Crippen molar-refractivity contribution in [1.29, 1.82) is 0 Å². The van der Waals surface area contributed by atoms with E-state index in [9.17, 15) is 4.79 Å². The predicted molar refractivity (Wildman–Crippen MR) is 119 cm³/mol. The van der Waals surface area contributed by atoms with Gasteiger partial charge >= 0.3 is 0 Å². The highest BCUT2D eigenvalue weighted by molar-refractivity contribution is 6.30. The van der Waals surface area contributed by atoms with E-state index in [2.05, 4.69) is 10.4 Å². The van der Waals surface area contributed by atoms with Gasteiger partial charge in [0.05, 0.1) is 11.8 Å². The smallest absolute Gasteiger partial charge is 0.254 e. The van der Waals surface area contributed by atoms with Gasteiger partial charge in [0.2, 0.25) is 0 Å². The van der Waals surface area contributed by atoms with Crippen LogP contribution in [0.1, 0.15) is 54.2 Å². The van der Waals surface area contributed by atoms with Crippen molar-refractivity contribution in [2.45, 2.75) is 45.2 Å². The standard InChI is InChI=1S/C23H25Cl2N3O/c1-15(2)28-14-19(13-26-28)23(29)27-16(3)22(18-6-10-21(25)11-7-18)12-17-4-8-20(24)9-5-17/h4-11,13-16,22H,12H2,1-3H3,(H,27,29)/t16-,22+/m1/s1. The van der Waals surface area contributed by atoms with Crippen LogP contribution in [0.3, 0.4) is 0 Å². The van der Waals surface area contributed by atoms with E-state index in [-0.39, 0.29) is 23.9 Å². The van der Waals surface area contributed by atoms with E-state index in [1.165, 1.54) is 0 Å². The SMILES string of the molecule is CC(C)n1cc(C(=O)N[C@H](C)[C@H](Cc2ccc(Cl)cc2)c2ccc(Cl)cc2)cn1. The van der Waals surface area contributed by atoms with E-state index in [1.807, 2.05) is 69.3 Å². The molecule has 1 N–H and O–H groups in total. The van der Waals surface area contributed by atoms with Crippen LogP contribution in [-0.4, -0.2) is 21.7 Å². The van der Waals surface area contributed by atoms with Crippen molar-refractivity contribution in [3.63, 3.8) is 0 Å². The lowest BCUT2D eigenvalue weighted by molar-refractivity contribution is 0.0934. The highest BCUT2D eigenvalue weighted by Crippen LogP contribution is 2.27. The van der Waals surface area contributed by atoms with Crippen LogP contribution in [0.15, 0.2) is 60.9 Å². The molecule has 2 atom stereocenters. The second-order valence-corrected chi connectivity index (χ2v) is 8.43. The molecule has 0 unspecified atom stereocenters. The number of aromatic nitrogens is 2. The molecule has 1 aromatic heterocycles. The fraction of sp³-hybridized carbons (Fsp3) is 0.304. The van der Waals surface area contributed by atoms with Gasteiger partial charge in [-0.15, -0.1) is 0 Å². The maximum absolute atomic E-state index is 12.8. The first kappa shape index (κ1) is 21.4. The number of amides is 1. The molecule has 0 saturated carbocycles. The number of nitrogens with one attached hydrogen (secondary N) is 1. The Labute approximate surface area is 181 Å². The van der Waals surface area contributed by atoms with Crippen LogP contribution in [0.4, 0.5) is 0 Å². The van der Waals surface area contributed by atoms with Gasteiger partial charge in [0.25, 0.3) is 5.91 Å². The number of hydrogen-bond donors (Lipinski definition) is 1. The van der Waals surface area contributed by atoms with Crippen LogP contribution in [-0.2, 0) is 6.42 Å². The molecule has 3 aromatic rings. The largest absolute Gasteiger partial charge is 0.349 e. The first-order chi connectivity index (χ1) is 13.8. The Morgan fingerprint density at radius 1 is 1.00 bits per heavy atom. The summed E-state index contributed by atoms with van der Waals surface area (Å²) in [4.78, 5) is 12.8. The molecule has 0 aliphatic rings. The van der Waals surface area contributed by atoms with Crippen molar-refractivity contribution >= 4 is 29.1 Å². The number of halogens is 2. The van der Waals surface area contributed by atoms with Crippen LogP contribution in [0.2, 0.25) is 10.0 Å². The molecule has 0 aliphatic heterocycles. The van der Waals surface area contributed by atoms with Gasteiger partial charge in [0.15, 0.2) is 0 Å². The Morgan fingerprint density at radius 2 is 1.59 bits per heavy atom. The van der Waals surface area contributed by atoms with Crippen LogP contribution in [0.5, 0.6) is 0 Å². The number of carbonyl (C=O) groups excluding carboxylic acids is 1. The number of benzene rings is 2. The van der Waals surface area contributed by atoms with Crippen LogP contribution in [0.25, 0.3) is 0 Å². The van der Waals surface area contributed by atoms with Crippen LogP contribution in [0, 0.1) is 0 Å². The third kappa shape index (κ3) is 5.62. The molecular formula is C23H25Cl2N3O. The molecule has 0 fully saturated rings. The van der Waals surface area contributed by atoms with E-state index in [0.29, 0.717) is 15.6 Å². The minimum absolute atomic E-state index is 0.0811. The normalized spacial score (nSPS) is 13.3. The summed E-state index contributed by atoms with van der Waals surface area (Å²) >= 11 is 12.1. The number of hydrogen-bond acceptors (Lipinski definition) is 2. The zero-order valence-electron chi connectivity index (χ0n) is 16.8. The van der Waals surface area contributed by atoms with E-state index in [4.69, 9.17) is 23.2 Å². The lowest BCUT2D eigenvalue weighted by Gasteiger charge is -2.26. The van der Waals surface area contributed by atoms with Gasteiger partial charge in [-0.2, -0.15) is 5.10 Å².